The number of hydrogen-bond acceptors (Lipinski definition) is 5. The number of nitrogens with one attached hydrogen (secondary N) is 2. The highest BCUT2D eigenvalue weighted by Crippen LogP contribution is 2.24. The fourth-order valence-corrected chi connectivity index (χ4v) is 3.72. The summed E-state index contributed by atoms with van der Waals surface area (Å²) in [5.74, 6) is -0.603. The molecule has 3 atom stereocenters. The van der Waals surface area contributed by atoms with Gasteiger partial charge in [0.15, 0.2) is 0 Å². The molecule has 0 aromatic heterocycles. The molecule has 0 radical (unpaired) electrons. The molecule has 1 aromatic rings. The van der Waals surface area contributed by atoms with E-state index in [1.165, 1.54) is 0 Å². The van der Waals surface area contributed by atoms with E-state index in [9.17, 15) is 19.5 Å². The normalized spacial score (nSPS) is 19.1. The lowest BCUT2D eigenvalue weighted by Crippen LogP contribution is -2.49. The summed E-state index contributed by atoms with van der Waals surface area (Å²) in [6, 6.07) is 4.08. The van der Waals surface area contributed by atoms with Crippen molar-refractivity contribution in [2.45, 2.75) is 50.3 Å². The Morgan fingerprint density at radius 3 is 2.86 bits per heavy atom. The maximum atomic E-state index is 12.4. The molecule has 10 heteroatoms. The molecule has 1 aliphatic rings. The number of likely N-dealkylation sites (N-methyl/N-ethyl adjacent to an activating group) is 1. The van der Waals surface area contributed by atoms with Crippen LogP contribution in [0.3, 0.4) is 0 Å². The topological polar surface area (TPSA) is 98.7 Å². The van der Waals surface area contributed by atoms with Crippen molar-refractivity contribution in [1.82, 2.24) is 15.4 Å². The molecule has 0 bridgehead atoms. The van der Waals surface area contributed by atoms with Crippen molar-refractivity contribution < 1.29 is 19.5 Å². The van der Waals surface area contributed by atoms with Gasteiger partial charge in [0.25, 0.3) is 7.41 Å². The molecule has 0 aliphatic carbocycles. The second kappa shape index (κ2) is 11.5. The Balaban J connectivity index is 2.04. The maximum Gasteiger partial charge on any atom is 0.281 e. The molecule has 0 saturated carbocycles. The first-order valence-electron chi connectivity index (χ1n) is 9.64. The van der Waals surface area contributed by atoms with Gasteiger partial charge in [-0.3, -0.25) is 9.59 Å². The summed E-state index contributed by atoms with van der Waals surface area (Å²) >= 11 is 12.0. The van der Waals surface area contributed by atoms with E-state index in [0.717, 1.165) is 24.6 Å². The minimum Gasteiger partial charge on any atom is -0.391 e. The van der Waals surface area contributed by atoms with Crippen LogP contribution in [0.1, 0.15) is 31.2 Å². The number of carbonyl (C=O) groups is 3. The Kier molecular flexibility index (Phi) is 9.43. The predicted octanol–water partition coefficient (Wildman–Crippen LogP) is 0.914. The fraction of sp³-hybridized carbons (Fsp3) is 0.526. The van der Waals surface area contributed by atoms with Gasteiger partial charge in [-0.05, 0) is 50.4 Å². The lowest BCUT2D eigenvalue weighted by molar-refractivity contribution is -0.130. The highest BCUT2D eigenvalue weighted by atomic mass is 35.5. The van der Waals surface area contributed by atoms with E-state index in [1.54, 1.807) is 30.1 Å². The van der Waals surface area contributed by atoms with Crippen LogP contribution in [0.5, 0.6) is 0 Å². The summed E-state index contributed by atoms with van der Waals surface area (Å²) in [6.45, 7) is 0.607. The van der Waals surface area contributed by atoms with Crippen molar-refractivity contribution in [3.63, 3.8) is 0 Å². The zero-order valence-electron chi connectivity index (χ0n) is 16.4. The Bertz CT molecular complexity index is 737. The zero-order valence-corrected chi connectivity index (χ0v) is 17.9. The molecule has 2 amide bonds. The van der Waals surface area contributed by atoms with Crippen molar-refractivity contribution >= 4 is 48.6 Å². The standard InChI is InChI=1S/C19H26BCl2N3O4/c1-25(20-11-26)16(9-12-5-6-13(21)14(22)8-12)17(27)10-18(28)24-15-4-2-3-7-23-19(15)29/h5-6,8,11,15-17,20,27H,2-4,7,9-10H2,1H3,(H,23,29)(H,24,28)/t15?,16-,17?/m1/s1. The van der Waals surface area contributed by atoms with Gasteiger partial charge in [0.1, 0.15) is 6.04 Å². The number of aliphatic hydroxyl groups excluding tert-OH is 1. The number of halogens is 2. The molecule has 29 heavy (non-hydrogen) atoms. The molecule has 3 N–H and O–H groups in total. The van der Waals surface area contributed by atoms with Crippen molar-refractivity contribution in [3.8, 4) is 0 Å². The van der Waals surface area contributed by atoms with E-state index in [0.29, 0.717) is 29.4 Å². The first-order chi connectivity index (χ1) is 13.8. The largest absolute Gasteiger partial charge is 0.391 e. The number of benzene rings is 1. The van der Waals surface area contributed by atoms with Gasteiger partial charge in [-0.25, -0.2) is 0 Å². The lowest BCUT2D eigenvalue weighted by Gasteiger charge is -2.31. The molecular formula is C19H26BCl2N3O4. The summed E-state index contributed by atoms with van der Waals surface area (Å²) in [6.07, 6.45) is 2.19. The fourth-order valence-electron chi connectivity index (χ4n) is 3.40. The summed E-state index contributed by atoms with van der Waals surface area (Å²) < 4.78 is 0. The van der Waals surface area contributed by atoms with Crippen LogP contribution < -0.4 is 10.6 Å². The lowest BCUT2D eigenvalue weighted by atomic mass is 9.87. The van der Waals surface area contributed by atoms with Crippen LogP contribution in [0.15, 0.2) is 18.2 Å². The van der Waals surface area contributed by atoms with Crippen LogP contribution in [0, 0.1) is 0 Å². The van der Waals surface area contributed by atoms with Crippen LogP contribution in [0.25, 0.3) is 0 Å². The van der Waals surface area contributed by atoms with Crippen molar-refractivity contribution in [1.29, 1.82) is 0 Å². The molecule has 2 unspecified atom stereocenters. The number of aliphatic hydroxyl groups is 1. The molecular weight excluding hydrogens is 416 g/mol. The highest BCUT2D eigenvalue weighted by molar-refractivity contribution is 6.64. The van der Waals surface area contributed by atoms with Crippen LogP contribution in [0.4, 0.5) is 0 Å². The molecule has 2 rings (SSSR count). The van der Waals surface area contributed by atoms with Crippen molar-refractivity contribution in [2.75, 3.05) is 13.6 Å². The van der Waals surface area contributed by atoms with E-state index in [4.69, 9.17) is 23.2 Å². The quantitative estimate of drug-likeness (QED) is 0.390. The number of nitrogens with zero attached hydrogens (tertiary/aromatic N) is 1. The Labute approximate surface area is 181 Å². The van der Waals surface area contributed by atoms with E-state index < -0.39 is 24.1 Å². The molecule has 1 aromatic carbocycles. The summed E-state index contributed by atoms with van der Waals surface area (Å²) in [5.41, 5.74) is 0.824. The number of rotatable bonds is 9. The van der Waals surface area contributed by atoms with Gasteiger partial charge in [0.2, 0.25) is 11.8 Å². The Hall–Kier alpha value is -1.61. The van der Waals surface area contributed by atoms with Gasteiger partial charge >= 0.3 is 0 Å². The van der Waals surface area contributed by atoms with Gasteiger partial charge in [-0.1, -0.05) is 29.3 Å². The minimum absolute atomic E-state index is 0.107. The smallest absolute Gasteiger partial charge is 0.281 e. The predicted molar refractivity (Wildman–Crippen MR) is 115 cm³/mol. The van der Waals surface area contributed by atoms with Crippen LogP contribution in [-0.4, -0.2) is 67.1 Å². The first kappa shape index (κ1) is 23.7. The third-order valence-corrected chi connectivity index (χ3v) is 5.81. The summed E-state index contributed by atoms with van der Waals surface area (Å²) in [5, 5.41) is 17.0. The van der Waals surface area contributed by atoms with E-state index in [1.807, 2.05) is 0 Å². The van der Waals surface area contributed by atoms with Gasteiger partial charge in [-0.15, -0.1) is 0 Å². The van der Waals surface area contributed by atoms with E-state index in [2.05, 4.69) is 10.6 Å². The SMILES string of the molecule is CN(BC=O)[C@H](Cc1ccc(Cl)c(Cl)c1)C(O)CC(=O)NC1CCCCNC1=O. The summed E-state index contributed by atoms with van der Waals surface area (Å²) in [7, 11) is 1.81. The number of carbonyl (C=O) groups excluding carboxylic acids is 3. The van der Waals surface area contributed by atoms with Gasteiger partial charge in [-0.2, -0.15) is 0 Å². The molecule has 7 nitrogen and oxygen atoms in total. The average Bonchev–Trinajstić information content (AvgIpc) is 2.87. The molecule has 158 valence electrons. The molecule has 0 spiro atoms. The summed E-state index contributed by atoms with van der Waals surface area (Å²) in [4.78, 5) is 37.1. The number of hydrogen-bond donors (Lipinski definition) is 3. The van der Waals surface area contributed by atoms with Gasteiger partial charge in [0, 0.05) is 12.6 Å². The molecule has 1 aliphatic heterocycles. The monoisotopic (exact) mass is 441 g/mol. The first-order valence-corrected chi connectivity index (χ1v) is 10.4. The van der Waals surface area contributed by atoms with Crippen LogP contribution in [0.2, 0.25) is 10.0 Å². The second-order valence-electron chi connectivity index (χ2n) is 7.30. The van der Waals surface area contributed by atoms with Gasteiger partial charge in [0.05, 0.1) is 28.8 Å². The van der Waals surface area contributed by atoms with E-state index >= 15 is 0 Å². The third kappa shape index (κ3) is 7.30. The van der Waals surface area contributed by atoms with Gasteiger partial charge < -0.3 is 25.3 Å². The third-order valence-electron chi connectivity index (χ3n) is 5.07. The minimum atomic E-state index is -1.04. The zero-order chi connectivity index (χ0) is 21.4. The van der Waals surface area contributed by atoms with Crippen molar-refractivity contribution in [3.05, 3.63) is 33.8 Å². The average molecular weight is 442 g/mol. The van der Waals surface area contributed by atoms with E-state index in [-0.39, 0.29) is 19.7 Å². The Morgan fingerprint density at radius 2 is 2.17 bits per heavy atom. The number of amides is 2. The second-order valence-corrected chi connectivity index (χ2v) is 8.12. The van der Waals surface area contributed by atoms with Crippen molar-refractivity contribution in [2.24, 2.45) is 0 Å². The maximum absolute atomic E-state index is 12.4. The molecule has 1 heterocycles. The molecule has 1 saturated heterocycles. The highest BCUT2D eigenvalue weighted by Gasteiger charge is 2.28. The molecule has 1 fully saturated rings. The van der Waals surface area contributed by atoms with Crippen LogP contribution >= 0.6 is 23.2 Å². The van der Waals surface area contributed by atoms with Crippen LogP contribution in [-0.2, 0) is 20.8 Å². The Morgan fingerprint density at radius 1 is 1.41 bits per heavy atom.